The zero-order chi connectivity index (χ0) is 19.4. The average molecular weight is 368 g/mol. The Morgan fingerprint density at radius 1 is 1.07 bits per heavy atom. The maximum absolute atomic E-state index is 12.5. The molecular weight excluding hydrogens is 352 g/mol. The van der Waals surface area contributed by atoms with E-state index < -0.39 is 11.9 Å². The number of ether oxygens (including phenoxy) is 3. The van der Waals surface area contributed by atoms with Gasteiger partial charge in [-0.05, 0) is 30.3 Å². The number of para-hydroxylation sites is 2. The van der Waals surface area contributed by atoms with Crippen LogP contribution in [0.3, 0.4) is 0 Å². The molecule has 2 N–H and O–H groups in total. The molecule has 3 rings (SSSR count). The van der Waals surface area contributed by atoms with E-state index in [0.29, 0.717) is 22.9 Å². The van der Waals surface area contributed by atoms with E-state index in [2.05, 4.69) is 20.1 Å². The van der Waals surface area contributed by atoms with Crippen LogP contribution in [-0.4, -0.2) is 32.1 Å². The van der Waals surface area contributed by atoms with Crippen molar-refractivity contribution in [2.75, 3.05) is 24.9 Å². The minimum atomic E-state index is -0.761. The summed E-state index contributed by atoms with van der Waals surface area (Å²) >= 11 is 0. The Bertz CT molecular complexity index is 951. The van der Waals surface area contributed by atoms with Crippen LogP contribution in [0.4, 0.5) is 11.4 Å². The van der Waals surface area contributed by atoms with Crippen molar-refractivity contribution in [3.05, 3.63) is 59.8 Å². The number of rotatable bonds is 4. The maximum atomic E-state index is 12.5. The first-order chi connectivity index (χ1) is 13.0. The van der Waals surface area contributed by atoms with Crippen LogP contribution >= 0.6 is 0 Å². The van der Waals surface area contributed by atoms with Gasteiger partial charge in [-0.3, -0.25) is 4.79 Å². The van der Waals surface area contributed by atoms with Gasteiger partial charge in [0.1, 0.15) is 11.4 Å². The lowest BCUT2D eigenvalue weighted by Gasteiger charge is -2.12. The number of nitrogens with one attached hydrogen (secondary N) is 2. The quantitative estimate of drug-likeness (QED) is 0.632. The molecule has 1 heterocycles. The molecule has 1 aliphatic heterocycles. The van der Waals surface area contributed by atoms with E-state index in [4.69, 9.17) is 4.74 Å². The molecule has 8 heteroatoms. The second-order valence-electron chi connectivity index (χ2n) is 5.46. The lowest BCUT2D eigenvalue weighted by molar-refractivity contribution is -0.138. The fraction of sp³-hybridized carbons (Fsp3) is 0.105. The fourth-order valence-electron chi connectivity index (χ4n) is 2.43. The zero-order valence-electron chi connectivity index (χ0n) is 14.6. The summed E-state index contributed by atoms with van der Waals surface area (Å²) in [5.74, 6) is -0.974. The number of methoxy groups -OCH3 is 2. The summed E-state index contributed by atoms with van der Waals surface area (Å²) in [5, 5.41) is 5.52. The monoisotopic (exact) mass is 368 g/mol. The topological polar surface area (TPSA) is 103 Å². The largest absolute Gasteiger partial charge is 0.466 e. The molecule has 0 fully saturated rings. The Morgan fingerprint density at radius 2 is 1.85 bits per heavy atom. The van der Waals surface area contributed by atoms with Crippen molar-refractivity contribution in [2.45, 2.75) is 0 Å². The van der Waals surface area contributed by atoms with Crippen LogP contribution in [0.25, 0.3) is 0 Å². The van der Waals surface area contributed by atoms with Crippen molar-refractivity contribution < 1.29 is 28.6 Å². The molecular formula is C19H16N2O6. The zero-order valence-corrected chi connectivity index (χ0v) is 14.6. The number of anilines is 2. The van der Waals surface area contributed by atoms with E-state index in [1.807, 2.05) is 0 Å². The van der Waals surface area contributed by atoms with Crippen LogP contribution in [0.15, 0.2) is 54.2 Å². The molecule has 1 amide bonds. The third-order valence-electron chi connectivity index (χ3n) is 3.73. The molecule has 1 aliphatic rings. The van der Waals surface area contributed by atoms with Gasteiger partial charge in [-0.25, -0.2) is 9.59 Å². The van der Waals surface area contributed by atoms with Gasteiger partial charge in [0.25, 0.3) is 5.91 Å². The molecule has 2 aromatic carbocycles. The molecule has 0 radical (unpaired) electrons. The Hall–Kier alpha value is -3.81. The molecule has 0 aromatic heterocycles. The molecule has 0 saturated heterocycles. The number of hydrogen-bond acceptors (Lipinski definition) is 7. The number of carbonyl (C=O) groups excluding carboxylic acids is 3. The molecule has 0 saturated carbocycles. The van der Waals surface area contributed by atoms with Crippen molar-refractivity contribution in [1.29, 1.82) is 0 Å². The Morgan fingerprint density at radius 3 is 2.59 bits per heavy atom. The van der Waals surface area contributed by atoms with Gasteiger partial charge in [0.2, 0.25) is 0 Å². The van der Waals surface area contributed by atoms with Gasteiger partial charge in [-0.1, -0.05) is 12.1 Å². The van der Waals surface area contributed by atoms with Gasteiger partial charge in [0, 0.05) is 5.69 Å². The Balaban J connectivity index is 1.93. The molecule has 0 unspecified atom stereocenters. The van der Waals surface area contributed by atoms with E-state index in [1.54, 1.807) is 36.4 Å². The van der Waals surface area contributed by atoms with Crippen LogP contribution < -0.4 is 15.4 Å². The summed E-state index contributed by atoms with van der Waals surface area (Å²) in [5.41, 5.74) is 1.06. The highest BCUT2D eigenvalue weighted by molar-refractivity contribution is 6.08. The van der Waals surface area contributed by atoms with Crippen LogP contribution in [0.5, 0.6) is 11.5 Å². The molecule has 138 valence electrons. The molecule has 0 bridgehead atoms. The van der Waals surface area contributed by atoms with Crippen LogP contribution in [-0.2, 0) is 19.1 Å². The van der Waals surface area contributed by atoms with Crippen molar-refractivity contribution in [2.24, 2.45) is 0 Å². The van der Waals surface area contributed by atoms with Gasteiger partial charge < -0.3 is 24.8 Å². The van der Waals surface area contributed by atoms with E-state index >= 15 is 0 Å². The molecule has 27 heavy (non-hydrogen) atoms. The lowest BCUT2D eigenvalue weighted by atomic mass is 10.1. The smallest absolute Gasteiger partial charge is 0.354 e. The summed E-state index contributed by atoms with van der Waals surface area (Å²) in [6.45, 7) is 0. The van der Waals surface area contributed by atoms with E-state index in [9.17, 15) is 14.4 Å². The molecule has 0 aliphatic carbocycles. The molecule has 0 spiro atoms. The Labute approximate surface area is 154 Å². The van der Waals surface area contributed by atoms with Crippen molar-refractivity contribution >= 4 is 29.2 Å². The van der Waals surface area contributed by atoms with Crippen molar-refractivity contribution in [1.82, 2.24) is 0 Å². The number of carbonyl (C=O) groups is 3. The third kappa shape index (κ3) is 3.90. The predicted molar refractivity (Wildman–Crippen MR) is 96.6 cm³/mol. The second-order valence-corrected chi connectivity index (χ2v) is 5.46. The van der Waals surface area contributed by atoms with Crippen LogP contribution in [0, 0.1) is 0 Å². The fourth-order valence-corrected chi connectivity index (χ4v) is 2.43. The second kappa shape index (κ2) is 7.61. The number of fused-ring (bicyclic) bond motifs is 2. The van der Waals surface area contributed by atoms with E-state index in [0.717, 1.165) is 6.08 Å². The minimum Gasteiger partial charge on any atom is -0.466 e. The lowest BCUT2D eigenvalue weighted by Crippen LogP contribution is -2.16. The number of amides is 1. The summed E-state index contributed by atoms with van der Waals surface area (Å²) < 4.78 is 15.0. The van der Waals surface area contributed by atoms with Crippen molar-refractivity contribution in [3.63, 3.8) is 0 Å². The SMILES string of the molecule is COC(=O)/C=C(/Nc1ccc2c(c1)C(=O)Nc1ccccc1O2)C(=O)OC. The van der Waals surface area contributed by atoms with E-state index in [1.165, 1.54) is 20.3 Å². The number of hydrogen-bond donors (Lipinski definition) is 2. The Kier molecular flexibility index (Phi) is 5.07. The average Bonchev–Trinajstić information content (AvgIpc) is 2.82. The number of benzene rings is 2. The van der Waals surface area contributed by atoms with Gasteiger partial charge in [0.15, 0.2) is 5.75 Å². The first-order valence-electron chi connectivity index (χ1n) is 7.89. The molecule has 0 atom stereocenters. The normalized spacial score (nSPS) is 12.5. The highest BCUT2D eigenvalue weighted by atomic mass is 16.5. The first-order valence-corrected chi connectivity index (χ1v) is 7.89. The van der Waals surface area contributed by atoms with Crippen LogP contribution in [0.2, 0.25) is 0 Å². The van der Waals surface area contributed by atoms with Gasteiger partial charge in [0.05, 0.1) is 31.5 Å². The summed E-state index contributed by atoms with van der Waals surface area (Å²) in [6, 6.07) is 11.8. The highest BCUT2D eigenvalue weighted by Crippen LogP contribution is 2.36. The predicted octanol–water partition coefficient (Wildman–Crippen LogP) is 2.69. The van der Waals surface area contributed by atoms with E-state index in [-0.39, 0.29) is 17.2 Å². The molecule has 8 nitrogen and oxygen atoms in total. The third-order valence-corrected chi connectivity index (χ3v) is 3.73. The summed E-state index contributed by atoms with van der Waals surface area (Å²) in [4.78, 5) is 35.8. The maximum Gasteiger partial charge on any atom is 0.354 e. The first kappa shape index (κ1) is 18.0. The van der Waals surface area contributed by atoms with Gasteiger partial charge in [-0.15, -0.1) is 0 Å². The van der Waals surface area contributed by atoms with Gasteiger partial charge >= 0.3 is 11.9 Å². The summed E-state index contributed by atoms with van der Waals surface area (Å²) in [7, 11) is 2.38. The van der Waals surface area contributed by atoms with Gasteiger partial charge in [-0.2, -0.15) is 0 Å². The standard InChI is InChI=1S/C19H16N2O6/c1-25-17(22)10-14(19(24)26-2)20-11-7-8-15-12(9-11)18(23)21-13-5-3-4-6-16(13)27-15/h3-10,20H,1-2H3,(H,21,23)/b14-10+. The molecule has 2 aromatic rings. The minimum absolute atomic E-state index is 0.137. The van der Waals surface area contributed by atoms with Crippen molar-refractivity contribution in [3.8, 4) is 11.5 Å². The highest BCUT2D eigenvalue weighted by Gasteiger charge is 2.21. The summed E-state index contributed by atoms with van der Waals surface area (Å²) in [6.07, 6.45) is 0.962. The van der Waals surface area contributed by atoms with Crippen LogP contribution in [0.1, 0.15) is 10.4 Å². The number of esters is 2.